The highest BCUT2D eigenvalue weighted by atomic mass is 16.5. The number of methoxy groups -OCH3 is 1. The molecule has 2 atom stereocenters. The van der Waals surface area contributed by atoms with Gasteiger partial charge >= 0.3 is 0 Å². The first kappa shape index (κ1) is 13.9. The molecule has 0 fully saturated rings. The Labute approximate surface area is 87.8 Å². The monoisotopic (exact) mass is 203 g/mol. The molecule has 0 aliphatic rings. The van der Waals surface area contributed by atoms with Crippen LogP contribution >= 0.6 is 0 Å². The molecule has 0 saturated carbocycles. The van der Waals surface area contributed by atoms with Crippen molar-refractivity contribution in [1.82, 2.24) is 5.32 Å². The molecule has 0 aromatic rings. The van der Waals surface area contributed by atoms with E-state index >= 15 is 0 Å². The van der Waals surface area contributed by atoms with Gasteiger partial charge < -0.3 is 15.2 Å². The van der Waals surface area contributed by atoms with Crippen molar-refractivity contribution in [2.45, 2.75) is 51.6 Å². The highest BCUT2D eigenvalue weighted by Crippen LogP contribution is 2.02. The van der Waals surface area contributed by atoms with Crippen LogP contribution in [-0.4, -0.2) is 37.5 Å². The predicted molar refractivity (Wildman–Crippen MR) is 59.5 cm³/mol. The average Bonchev–Trinajstić information content (AvgIpc) is 2.15. The average molecular weight is 203 g/mol. The largest absolute Gasteiger partial charge is 0.396 e. The summed E-state index contributed by atoms with van der Waals surface area (Å²) in [6.07, 6.45) is 4.46. The van der Waals surface area contributed by atoms with Crippen LogP contribution < -0.4 is 5.32 Å². The van der Waals surface area contributed by atoms with E-state index in [1.165, 1.54) is 19.3 Å². The van der Waals surface area contributed by atoms with Gasteiger partial charge in [-0.1, -0.05) is 19.8 Å². The lowest BCUT2D eigenvalue weighted by atomic mass is 10.1. The molecule has 3 nitrogen and oxygen atoms in total. The van der Waals surface area contributed by atoms with Crippen molar-refractivity contribution >= 4 is 0 Å². The van der Waals surface area contributed by atoms with Gasteiger partial charge in [-0.2, -0.15) is 0 Å². The number of aliphatic hydroxyl groups is 1. The van der Waals surface area contributed by atoms with Crippen LogP contribution in [-0.2, 0) is 4.74 Å². The fraction of sp³-hybridized carbons (Fsp3) is 1.00. The minimum atomic E-state index is 0.224. The van der Waals surface area contributed by atoms with E-state index in [-0.39, 0.29) is 12.6 Å². The molecule has 14 heavy (non-hydrogen) atoms. The molecule has 0 aliphatic carbocycles. The summed E-state index contributed by atoms with van der Waals surface area (Å²) in [5, 5.41) is 12.3. The van der Waals surface area contributed by atoms with Crippen molar-refractivity contribution in [2.75, 3.05) is 20.3 Å². The summed E-state index contributed by atoms with van der Waals surface area (Å²) in [5.74, 6) is 0. The van der Waals surface area contributed by atoms with Gasteiger partial charge in [-0.05, 0) is 19.8 Å². The van der Waals surface area contributed by atoms with Crippen LogP contribution in [0.4, 0.5) is 0 Å². The van der Waals surface area contributed by atoms with E-state index < -0.39 is 0 Å². The third kappa shape index (κ3) is 7.30. The Morgan fingerprint density at radius 1 is 1.36 bits per heavy atom. The molecule has 0 saturated heterocycles. The first-order valence-corrected chi connectivity index (χ1v) is 5.60. The molecule has 2 N–H and O–H groups in total. The molecule has 0 radical (unpaired) electrons. The highest BCUT2D eigenvalue weighted by molar-refractivity contribution is 4.70. The Bertz CT molecular complexity index is 114. The van der Waals surface area contributed by atoms with Crippen molar-refractivity contribution in [3.05, 3.63) is 0 Å². The number of aliphatic hydroxyl groups excluding tert-OH is 1. The van der Waals surface area contributed by atoms with Crippen molar-refractivity contribution in [3.63, 3.8) is 0 Å². The molecule has 0 rings (SSSR count). The summed E-state index contributed by atoms with van der Waals surface area (Å²) in [6.45, 7) is 5.29. The number of ether oxygens (including phenoxy) is 1. The van der Waals surface area contributed by atoms with E-state index in [4.69, 9.17) is 9.84 Å². The number of hydrogen-bond acceptors (Lipinski definition) is 3. The summed E-state index contributed by atoms with van der Waals surface area (Å²) < 4.78 is 5.09. The van der Waals surface area contributed by atoms with Crippen LogP contribution in [0.15, 0.2) is 0 Å². The molecule has 2 unspecified atom stereocenters. The molecule has 0 amide bonds. The summed E-state index contributed by atoms with van der Waals surface area (Å²) in [5.41, 5.74) is 0. The maximum Gasteiger partial charge on any atom is 0.0616 e. The van der Waals surface area contributed by atoms with Crippen molar-refractivity contribution in [2.24, 2.45) is 0 Å². The van der Waals surface area contributed by atoms with Gasteiger partial charge in [0, 0.05) is 25.8 Å². The van der Waals surface area contributed by atoms with E-state index in [0.29, 0.717) is 12.6 Å². The normalized spacial score (nSPS) is 15.4. The molecule has 0 aromatic carbocycles. The lowest BCUT2D eigenvalue weighted by Gasteiger charge is -2.22. The molecule has 0 aliphatic heterocycles. The third-order valence-corrected chi connectivity index (χ3v) is 2.36. The van der Waals surface area contributed by atoms with Crippen molar-refractivity contribution in [1.29, 1.82) is 0 Å². The Kier molecular flexibility index (Phi) is 9.35. The van der Waals surface area contributed by atoms with Gasteiger partial charge in [-0.3, -0.25) is 0 Å². The fourth-order valence-corrected chi connectivity index (χ4v) is 1.57. The standard InChI is InChI=1S/C11H25NO2/c1-4-5-6-10(2)12-11(7-8-13)9-14-3/h10-13H,4-9H2,1-3H3. The van der Waals surface area contributed by atoms with Crippen LogP contribution in [0.5, 0.6) is 0 Å². The first-order chi connectivity index (χ1) is 6.74. The molecule has 0 heterocycles. The zero-order valence-corrected chi connectivity index (χ0v) is 9.75. The maximum atomic E-state index is 8.86. The van der Waals surface area contributed by atoms with E-state index in [2.05, 4.69) is 19.2 Å². The highest BCUT2D eigenvalue weighted by Gasteiger charge is 2.10. The Morgan fingerprint density at radius 3 is 2.57 bits per heavy atom. The predicted octanol–water partition coefficient (Wildman–Crippen LogP) is 1.55. The lowest BCUT2D eigenvalue weighted by Crippen LogP contribution is -2.40. The molecule has 0 bridgehead atoms. The molecule has 0 aromatic heterocycles. The zero-order valence-electron chi connectivity index (χ0n) is 9.75. The summed E-state index contributed by atoms with van der Waals surface area (Å²) >= 11 is 0. The summed E-state index contributed by atoms with van der Waals surface area (Å²) in [7, 11) is 1.70. The minimum absolute atomic E-state index is 0.224. The van der Waals surface area contributed by atoms with E-state index in [0.717, 1.165) is 6.42 Å². The lowest BCUT2D eigenvalue weighted by molar-refractivity contribution is 0.142. The molecule has 3 heteroatoms. The van der Waals surface area contributed by atoms with Crippen LogP contribution in [0.1, 0.15) is 39.5 Å². The smallest absolute Gasteiger partial charge is 0.0616 e. The van der Waals surface area contributed by atoms with Crippen LogP contribution in [0.25, 0.3) is 0 Å². The van der Waals surface area contributed by atoms with Crippen molar-refractivity contribution < 1.29 is 9.84 Å². The van der Waals surface area contributed by atoms with Crippen molar-refractivity contribution in [3.8, 4) is 0 Å². The van der Waals surface area contributed by atoms with E-state index in [1.807, 2.05) is 0 Å². The second kappa shape index (κ2) is 9.44. The second-order valence-electron chi connectivity index (χ2n) is 3.87. The van der Waals surface area contributed by atoms with Crippen LogP contribution in [0.2, 0.25) is 0 Å². The van der Waals surface area contributed by atoms with E-state index in [9.17, 15) is 0 Å². The number of unbranched alkanes of at least 4 members (excludes halogenated alkanes) is 1. The van der Waals surface area contributed by atoms with Gasteiger partial charge in [-0.25, -0.2) is 0 Å². The van der Waals surface area contributed by atoms with Gasteiger partial charge in [-0.15, -0.1) is 0 Å². The van der Waals surface area contributed by atoms with Gasteiger partial charge in [0.1, 0.15) is 0 Å². The Balaban J connectivity index is 3.64. The van der Waals surface area contributed by atoms with Gasteiger partial charge in [0.2, 0.25) is 0 Å². The van der Waals surface area contributed by atoms with Gasteiger partial charge in [0.05, 0.1) is 6.61 Å². The van der Waals surface area contributed by atoms with Crippen LogP contribution in [0, 0.1) is 0 Å². The second-order valence-corrected chi connectivity index (χ2v) is 3.87. The molecule has 0 spiro atoms. The first-order valence-electron chi connectivity index (χ1n) is 5.60. The minimum Gasteiger partial charge on any atom is -0.396 e. The van der Waals surface area contributed by atoms with Crippen LogP contribution in [0.3, 0.4) is 0 Å². The molecule has 86 valence electrons. The number of hydrogen-bond donors (Lipinski definition) is 2. The fourth-order valence-electron chi connectivity index (χ4n) is 1.57. The third-order valence-electron chi connectivity index (χ3n) is 2.36. The quantitative estimate of drug-likeness (QED) is 0.597. The SMILES string of the molecule is CCCCC(C)NC(CCO)COC. The van der Waals surface area contributed by atoms with E-state index in [1.54, 1.807) is 7.11 Å². The topological polar surface area (TPSA) is 41.5 Å². The molecular weight excluding hydrogens is 178 g/mol. The molecular formula is C11H25NO2. The number of rotatable bonds is 9. The van der Waals surface area contributed by atoms with Gasteiger partial charge in [0.25, 0.3) is 0 Å². The van der Waals surface area contributed by atoms with Gasteiger partial charge in [0.15, 0.2) is 0 Å². The number of nitrogens with one attached hydrogen (secondary N) is 1. The summed E-state index contributed by atoms with van der Waals surface area (Å²) in [6, 6.07) is 0.804. The Hall–Kier alpha value is -0.120. The summed E-state index contributed by atoms with van der Waals surface area (Å²) in [4.78, 5) is 0. The Morgan fingerprint density at radius 2 is 2.07 bits per heavy atom. The zero-order chi connectivity index (χ0) is 10.8. The maximum absolute atomic E-state index is 8.86.